The summed E-state index contributed by atoms with van der Waals surface area (Å²) in [6.45, 7) is 1.03. The van der Waals surface area contributed by atoms with Crippen molar-refractivity contribution in [1.29, 1.82) is 5.26 Å². The standard InChI is InChI=1S/C30H32N4O4/c31-16-20(15-18-8-6-14-32-27(18)35)33-28(36)26-21-11-5-7-19(21)17-34(26)29(37)30(38)24-12-3-1-9-22(24)23-10-2-4-13-25(23)30/h1-4,9-10,12-13,18-21,26,38H,5-8,11,14-15,17H2,(H,32,35)(H,33,36)/t18-,19-,20-,21-,26+/m0/s1. The number of rotatable bonds is 5. The van der Waals surface area contributed by atoms with E-state index >= 15 is 0 Å². The number of piperidine rings is 1. The van der Waals surface area contributed by atoms with Crippen molar-refractivity contribution in [3.63, 3.8) is 0 Å². The van der Waals surface area contributed by atoms with Crippen LogP contribution in [0.3, 0.4) is 0 Å². The van der Waals surface area contributed by atoms with Crippen LogP contribution in [0.15, 0.2) is 48.5 Å². The van der Waals surface area contributed by atoms with Crippen molar-refractivity contribution >= 4 is 17.7 Å². The summed E-state index contributed by atoms with van der Waals surface area (Å²) >= 11 is 0. The molecular weight excluding hydrogens is 480 g/mol. The molecule has 0 bridgehead atoms. The Morgan fingerprint density at radius 3 is 2.42 bits per heavy atom. The minimum absolute atomic E-state index is 0.0215. The van der Waals surface area contributed by atoms with Gasteiger partial charge < -0.3 is 20.6 Å². The van der Waals surface area contributed by atoms with Crippen molar-refractivity contribution < 1.29 is 19.5 Å². The number of carbonyl (C=O) groups is 3. The van der Waals surface area contributed by atoms with Gasteiger partial charge in [-0.15, -0.1) is 0 Å². The average Bonchev–Trinajstić information content (AvgIpc) is 3.61. The van der Waals surface area contributed by atoms with Gasteiger partial charge in [0.05, 0.1) is 6.07 Å². The number of amides is 3. The zero-order valence-electron chi connectivity index (χ0n) is 21.2. The third-order valence-corrected chi connectivity index (χ3v) is 9.05. The van der Waals surface area contributed by atoms with Crippen LogP contribution in [0.2, 0.25) is 0 Å². The van der Waals surface area contributed by atoms with Crippen molar-refractivity contribution in [2.24, 2.45) is 17.8 Å². The van der Waals surface area contributed by atoms with Gasteiger partial charge in [0.2, 0.25) is 11.8 Å². The van der Waals surface area contributed by atoms with Gasteiger partial charge in [-0.05, 0) is 55.1 Å². The molecule has 3 fully saturated rings. The van der Waals surface area contributed by atoms with Crippen molar-refractivity contribution in [2.45, 2.75) is 56.2 Å². The van der Waals surface area contributed by atoms with Crippen LogP contribution in [0.25, 0.3) is 11.1 Å². The van der Waals surface area contributed by atoms with E-state index in [1.165, 1.54) is 0 Å². The monoisotopic (exact) mass is 512 g/mol. The molecule has 2 aliphatic heterocycles. The van der Waals surface area contributed by atoms with E-state index in [4.69, 9.17) is 0 Å². The fraction of sp³-hybridized carbons (Fsp3) is 0.467. The molecule has 196 valence electrons. The second-order valence-electron chi connectivity index (χ2n) is 11.1. The number of fused-ring (bicyclic) bond motifs is 4. The number of nitrogens with zero attached hydrogens (tertiary/aromatic N) is 2. The first-order chi connectivity index (χ1) is 18.4. The minimum atomic E-state index is -1.89. The predicted molar refractivity (Wildman–Crippen MR) is 139 cm³/mol. The highest BCUT2D eigenvalue weighted by atomic mass is 16.3. The fourth-order valence-electron chi connectivity index (χ4n) is 7.25. The predicted octanol–water partition coefficient (Wildman–Crippen LogP) is 2.45. The molecule has 5 atom stereocenters. The molecule has 2 saturated heterocycles. The first-order valence-electron chi connectivity index (χ1n) is 13.6. The zero-order valence-corrected chi connectivity index (χ0v) is 21.2. The summed E-state index contributed by atoms with van der Waals surface area (Å²) in [6.07, 6.45) is 4.51. The van der Waals surface area contributed by atoms with Crippen molar-refractivity contribution in [2.75, 3.05) is 13.1 Å². The maximum Gasteiger partial charge on any atom is 0.264 e. The van der Waals surface area contributed by atoms with Crippen molar-refractivity contribution in [1.82, 2.24) is 15.5 Å². The lowest BCUT2D eigenvalue weighted by Crippen LogP contribution is -2.55. The van der Waals surface area contributed by atoms with Gasteiger partial charge in [0, 0.05) is 30.1 Å². The van der Waals surface area contributed by atoms with Gasteiger partial charge >= 0.3 is 0 Å². The molecule has 6 rings (SSSR count). The largest absolute Gasteiger partial charge is 0.372 e. The Balaban J connectivity index is 1.30. The van der Waals surface area contributed by atoms with Gasteiger partial charge in [-0.2, -0.15) is 5.26 Å². The van der Waals surface area contributed by atoms with Crippen LogP contribution >= 0.6 is 0 Å². The summed E-state index contributed by atoms with van der Waals surface area (Å²) in [5.74, 6) is -1.12. The van der Waals surface area contributed by atoms with Crippen LogP contribution in [-0.2, 0) is 20.0 Å². The number of aliphatic hydroxyl groups is 1. The minimum Gasteiger partial charge on any atom is -0.372 e. The van der Waals surface area contributed by atoms with E-state index in [1.807, 2.05) is 36.4 Å². The molecule has 2 aromatic carbocycles. The van der Waals surface area contributed by atoms with Crippen LogP contribution in [0, 0.1) is 29.1 Å². The molecule has 3 N–H and O–H groups in total. The van der Waals surface area contributed by atoms with Gasteiger partial charge in [-0.3, -0.25) is 14.4 Å². The Bertz CT molecular complexity index is 1290. The highest BCUT2D eigenvalue weighted by Gasteiger charge is 2.56. The highest BCUT2D eigenvalue weighted by molar-refractivity contribution is 6.01. The van der Waals surface area contributed by atoms with E-state index in [1.54, 1.807) is 17.0 Å². The number of nitriles is 1. The number of likely N-dealkylation sites (tertiary alicyclic amines) is 1. The first kappa shape index (κ1) is 24.6. The molecule has 0 spiro atoms. The van der Waals surface area contributed by atoms with Crippen LogP contribution in [-0.4, -0.2) is 52.9 Å². The SMILES string of the molecule is N#C[C@H](C[C@@H]1CCCNC1=O)NC(=O)[C@H]1[C@H]2CCC[C@H]2CN1C(=O)C1(O)c2ccccc2-c2ccccc21. The zero-order chi connectivity index (χ0) is 26.4. The van der Waals surface area contributed by atoms with Crippen LogP contribution < -0.4 is 10.6 Å². The summed E-state index contributed by atoms with van der Waals surface area (Å²) in [6, 6.07) is 15.3. The van der Waals surface area contributed by atoms with E-state index in [2.05, 4.69) is 16.7 Å². The Morgan fingerprint density at radius 1 is 1.08 bits per heavy atom. The third kappa shape index (κ3) is 3.80. The molecule has 2 heterocycles. The summed E-state index contributed by atoms with van der Waals surface area (Å²) in [5.41, 5.74) is 0.796. The molecule has 1 saturated carbocycles. The summed E-state index contributed by atoms with van der Waals surface area (Å²) in [7, 11) is 0. The van der Waals surface area contributed by atoms with Gasteiger partial charge in [-0.25, -0.2) is 0 Å². The normalized spacial score (nSPS) is 27.5. The van der Waals surface area contributed by atoms with Crippen LogP contribution in [0.1, 0.15) is 49.7 Å². The molecule has 8 heteroatoms. The smallest absolute Gasteiger partial charge is 0.264 e. The lowest BCUT2D eigenvalue weighted by molar-refractivity contribution is -0.152. The van der Waals surface area contributed by atoms with Gasteiger partial charge in [0.1, 0.15) is 12.1 Å². The molecule has 2 aromatic rings. The molecule has 4 aliphatic rings. The van der Waals surface area contributed by atoms with E-state index in [0.717, 1.165) is 36.8 Å². The summed E-state index contributed by atoms with van der Waals surface area (Å²) < 4.78 is 0. The Kier molecular flexibility index (Phi) is 6.19. The fourth-order valence-corrected chi connectivity index (χ4v) is 7.25. The van der Waals surface area contributed by atoms with E-state index in [0.29, 0.717) is 30.6 Å². The Morgan fingerprint density at radius 2 is 1.76 bits per heavy atom. The molecule has 2 aliphatic carbocycles. The topological polar surface area (TPSA) is 123 Å². The molecule has 38 heavy (non-hydrogen) atoms. The molecular formula is C30H32N4O4. The Labute approximate surface area is 222 Å². The number of nitrogens with one attached hydrogen (secondary N) is 2. The second-order valence-corrected chi connectivity index (χ2v) is 11.1. The molecule has 0 unspecified atom stereocenters. The lowest BCUT2D eigenvalue weighted by Gasteiger charge is -2.34. The van der Waals surface area contributed by atoms with E-state index < -0.39 is 23.6 Å². The van der Waals surface area contributed by atoms with Crippen molar-refractivity contribution in [3.05, 3.63) is 59.7 Å². The van der Waals surface area contributed by atoms with Crippen LogP contribution in [0.4, 0.5) is 0 Å². The Hall–Kier alpha value is -3.70. The van der Waals surface area contributed by atoms with Gasteiger partial charge in [0.15, 0.2) is 5.60 Å². The summed E-state index contributed by atoms with van der Waals surface area (Å²) in [4.78, 5) is 41.9. The maximum atomic E-state index is 14.3. The summed E-state index contributed by atoms with van der Waals surface area (Å²) in [5, 5.41) is 27.6. The number of hydrogen-bond donors (Lipinski definition) is 3. The first-order valence-corrected chi connectivity index (χ1v) is 13.6. The number of carbonyl (C=O) groups excluding carboxylic acids is 3. The van der Waals surface area contributed by atoms with Crippen molar-refractivity contribution in [3.8, 4) is 17.2 Å². The molecule has 3 amide bonds. The molecule has 8 nitrogen and oxygen atoms in total. The number of hydrogen-bond acceptors (Lipinski definition) is 5. The maximum absolute atomic E-state index is 14.3. The molecule has 0 aromatic heterocycles. The highest BCUT2D eigenvalue weighted by Crippen LogP contribution is 2.50. The van der Waals surface area contributed by atoms with E-state index in [9.17, 15) is 24.8 Å². The van der Waals surface area contributed by atoms with E-state index in [-0.39, 0.29) is 36.0 Å². The lowest BCUT2D eigenvalue weighted by atomic mass is 9.88. The number of benzene rings is 2. The average molecular weight is 513 g/mol. The molecule has 0 radical (unpaired) electrons. The van der Waals surface area contributed by atoms with Crippen LogP contribution in [0.5, 0.6) is 0 Å². The quantitative estimate of drug-likeness (QED) is 0.568. The second kappa shape index (κ2) is 9.55. The van der Waals surface area contributed by atoms with Gasteiger partial charge in [0.25, 0.3) is 5.91 Å². The third-order valence-electron chi connectivity index (χ3n) is 9.05. The van der Waals surface area contributed by atoms with Gasteiger partial charge in [-0.1, -0.05) is 55.0 Å².